The first-order valence-corrected chi connectivity index (χ1v) is 11.5. The highest BCUT2D eigenvalue weighted by molar-refractivity contribution is 6.05. The Balaban J connectivity index is 1.59. The van der Waals surface area contributed by atoms with Crippen molar-refractivity contribution in [1.82, 2.24) is 19.7 Å². The van der Waals surface area contributed by atoms with E-state index in [0.717, 1.165) is 0 Å². The van der Waals surface area contributed by atoms with Crippen LogP contribution < -0.4 is 21.3 Å². The maximum atomic E-state index is 12.8. The lowest BCUT2D eigenvalue weighted by Gasteiger charge is -2.20. The minimum atomic E-state index is -0.621. The highest BCUT2D eigenvalue weighted by atomic mass is 16.6. The molecule has 0 spiro atoms. The van der Waals surface area contributed by atoms with Gasteiger partial charge in [-0.3, -0.25) is 14.8 Å². The number of anilines is 6. The van der Waals surface area contributed by atoms with Gasteiger partial charge in [0.05, 0.1) is 18.1 Å². The second kappa shape index (κ2) is 10.8. The van der Waals surface area contributed by atoms with E-state index in [1.54, 1.807) is 93.4 Å². The second-order valence-electron chi connectivity index (χ2n) is 9.14. The molecule has 2 aromatic heterocycles. The molecule has 0 radical (unpaired) electrons. The summed E-state index contributed by atoms with van der Waals surface area (Å²) >= 11 is 0. The highest BCUT2D eigenvalue weighted by Crippen LogP contribution is 2.27. The quantitative estimate of drug-likeness (QED) is 0.269. The van der Waals surface area contributed by atoms with Gasteiger partial charge in [-0.2, -0.15) is 10.1 Å². The van der Waals surface area contributed by atoms with E-state index in [0.29, 0.717) is 40.1 Å². The van der Waals surface area contributed by atoms with E-state index < -0.39 is 11.7 Å². The fraction of sp³-hybridized carbons (Fsp3) is 0.192. The zero-order chi connectivity index (χ0) is 26.4. The molecule has 2 heterocycles. The molecular formula is C26H28N8O3. The lowest BCUT2D eigenvalue weighted by molar-refractivity contribution is 0.0635. The van der Waals surface area contributed by atoms with Crippen molar-refractivity contribution in [2.24, 2.45) is 7.05 Å². The summed E-state index contributed by atoms with van der Waals surface area (Å²) in [6, 6.07) is 15.9. The van der Waals surface area contributed by atoms with Crippen molar-refractivity contribution < 1.29 is 14.3 Å². The molecule has 11 heteroatoms. The van der Waals surface area contributed by atoms with E-state index in [1.807, 2.05) is 6.07 Å². The van der Waals surface area contributed by atoms with E-state index >= 15 is 0 Å². The number of aromatic nitrogens is 4. The van der Waals surface area contributed by atoms with Crippen LogP contribution in [-0.2, 0) is 11.8 Å². The van der Waals surface area contributed by atoms with E-state index in [9.17, 15) is 9.59 Å². The standard InChI is InChI=1S/C26H28N8O3/c1-26(2,3)37-25(36)31-19-12-8-11-18(13-19)29-22-21(32-23(35)17-9-6-5-7-10-17)15-27-24(33-22)30-20-14-28-34(4)16-20/h5-16H,1-4H3,(H,31,36)(H,32,35)(H2,27,29,30,33). The number of aryl methyl sites for hydroxylation is 1. The van der Waals surface area contributed by atoms with Crippen molar-refractivity contribution >= 4 is 46.5 Å². The number of benzene rings is 2. The molecule has 0 saturated carbocycles. The molecule has 11 nitrogen and oxygen atoms in total. The number of nitrogens with one attached hydrogen (secondary N) is 4. The minimum absolute atomic E-state index is 0.302. The Kier molecular flexibility index (Phi) is 7.33. The van der Waals surface area contributed by atoms with Crippen molar-refractivity contribution in [3.05, 3.63) is 78.8 Å². The molecule has 0 bridgehead atoms. The Morgan fingerprint density at radius 2 is 1.65 bits per heavy atom. The van der Waals surface area contributed by atoms with Gasteiger partial charge in [-0.05, 0) is 51.1 Å². The topological polar surface area (TPSA) is 135 Å². The Morgan fingerprint density at radius 3 is 2.35 bits per heavy atom. The van der Waals surface area contributed by atoms with Crippen LogP contribution in [0.3, 0.4) is 0 Å². The highest BCUT2D eigenvalue weighted by Gasteiger charge is 2.17. The van der Waals surface area contributed by atoms with Gasteiger partial charge >= 0.3 is 6.09 Å². The second-order valence-corrected chi connectivity index (χ2v) is 9.14. The van der Waals surface area contributed by atoms with Crippen molar-refractivity contribution in [3.63, 3.8) is 0 Å². The number of carbonyl (C=O) groups excluding carboxylic acids is 2. The van der Waals surface area contributed by atoms with Gasteiger partial charge in [0, 0.05) is 30.2 Å². The molecule has 4 N–H and O–H groups in total. The number of amides is 2. The first-order valence-electron chi connectivity index (χ1n) is 11.5. The number of nitrogens with zero attached hydrogens (tertiary/aromatic N) is 4. The summed E-state index contributed by atoms with van der Waals surface area (Å²) < 4.78 is 6.98. The number of ether oxygens (including phenoxy) is 1. The zero-order valence-electron chi connectivity index (χ0n) is 20.9. The minimum Gasteiger partial charge on any atom is -0.444 e. The van der Waals surface area contributed by atoms with Gasteiger partial charge in [0.2, 0.25) is 5.95 Å². The third-order valence-electron chi connectivity index (χ3n) is 4.80. The molecule has 190 valence electrons. The van der Waals surface area contributed by atoms with Crippen molar-refractivity contribution in [2.45, 2.75) is 26.4 Å². The van der Waals surface area contributed by atoms with Crippen LogP contribution >= 0.6 is 0 Å². The largest absolute Gasteiger partial charge is 0.444 e. The molecule has 4 aromatic rings. The monoisotopic (exact) mass is 500 g/mol. The van der Waals surface area contributed by atoms with Crippen molar-refractivity contribution in [3.8, 4) is 0 Å². The molecule has 0 aliphatic heterocycles. The van der Waals surface area contributed by atoms with Crippen LogP contribution in [0.15, 0.2) is 73.2 Å². The lowest BCUT2D eigenvalue weighted by atomic mass is 10.2. The summed E-state index contributed by atoms with van der Waals surface area (Å²) in [6.07, 6.45) is 4.38. The number of carbonyl (C=O) groups is 2. The molecule has 37 heavy (non-hydrogen) atoms. The van der Waals surface area contributed by atoms with Crippen LogP contribution in [0, 0.1) is 0 Å². The Labute approximate surface area is 214 Å². The third-order valence-corrected chi connectivity index (χ3v) is 4.80. The molecule has 0 aliphatic rings. The summed E-state index contributed by atoms with van der Waals surface area (Å²) in [5.74, 6) is 0.344. The number of hydrogen-bond acceptors (Lipinski definition) is 8. The average molecular weight is 501 g/mol. The van der Waals surface area contributed by atoms with Crippen molar-refractivity contribution in [1.29, 1.82) is 0 Å². The molecule has 2 aromatic carbocycles. The summed E-state index contributed by atoms with van der Waals surface area (Å²) in [6.45, 7) is 5.38. The Morgan fingerprint density at radius 1 is 0.892 bits per heavy atom. The molecule has 4 rings (SSSR count). The fourth-order valence-corrected chi connectivity index (χ4v) is 3.26. The normalized spacial score (nSPS) is 10.9. The SMILES string of the molecule is Cn1cc(Nc2ncc(NC(=O)c3ccccc3)c(Nc3cccc(NC(=O)OC(C)(C)C)c3)n2)cn1. The number of hydrogen-bond donors (Lipinski definition) is 4. The van der Waals surface area contributed by atoms with Crippen LogP contribution in [0.4, 0.5) is 39.3 Å². The van der Waals surface area contributed by atoms with E-state index in [1.165, 1.54) is 6.20 Å². The zero-order valence-corrected chi connectivity index (χ0v) is 20.9. The predicted molar refractivity (Wildman–Crippen MR) is 142 cm³/mol. The Hall–Kier alpha value is -4.93. The predicted octanol–water partition coefficient (Wildman–Crippen LogP) is 5.30. The van der Waals surface area contributed by atoms with Crippen molar-refractivity contribution in [2.75, 3.05) is 21.3 Å². The van der Waals surface area contributed by atoms with Gasteiger partial charge in [-0.1, -0.05) is 24.3 Å². The van der Waals surface area contributed by atoms with Gasteiger partial charge in [-0.25, -0.2) is 9.78 Å². The molecule has 0 saturated heterocycles. The molecule has 0 atom stereocenters. The lowest BCUT2D eigenvalue weighted by Crippen LogP contribution is -2.27. The number of rotatable bonds is 7. The van der Waals surface area contributed by atoms with Gasteiger partial charge in [0.15, 0.2) is 5.82 Å². The van der Waals surface area contributed by atoms with Crippen LogP contribution in [0.5, 0.6) is 0 Å². The van der Waals surface area contributed by atoms with Crippen LogP contribution in [-0.4, -0.2) is 37.3 Å². The molecular weight excluding hydrogens is 472 g/mol. The summed E-state index contributed by atoms with van der Waals surface area (Å²) in [5.41, 5.74) is 2.10. The maximum Gasteiger partial charge on any atom is 0.412 e. The van der Waals surface area contributed by atoms with Crippen LogP contribution in [0.25, 0.3) is 0 Å². The molecule has 0 fully saturated rings. The van der Waals surface area contributed by atoms with Crippen LogP contribution in [0.1, 0.15) is 31.1 Å². The molecule has 2 amide bonds. The Bertz CT molecular complexity index is 1400. The van der Waals surface area contributed by atoms with Crippen LogP contribution in [0.2, 0.25) is 0 Å². The van der Waals surface area contributed by atoms with Gasteiger partial charge in [-0.15, -0.1) is 0 Å². The average Bonchev–Trinajstić information content (AvgIpc) is 3.24. The summed E-state index contributed by atoms with van der Waals surface area (Å²) in [7, 11) is 1.81. The summed E-state index contributed by atoms with van der Waals surface area (Å²) in [4.78, 5) is 33.9. The first-order chi connectivity index (χ1) is 17.6. The first kappa shape index (κ1) is 25.2. The third kappa shape index (κ3) is 7.28. The van der Waals surface area contributed by atoms with Gasteiger partial charge in [0.1, 0.15) is 11.3 Å². The van der Waals surface area contributed by atoms with Gasteiger partial charge < -0.3 is 20.7 Å². The molecule has 0 aliphatic carbocycles. The van der Waals surface area contributed by atoms with E-state index in [2.05, 4.69) is 36.3 Å². The smallest absolute Gasteiger partial charge is 0.412 e. The maximum absolute atomic E-state index is 12.8. The van der Waals surface area contributed by atoms with Gasteiger partial charge in [0.25, 0.3) is 5.91 Å². The molecule has 0 unspecified atom stereocenters. The fourth-order valence-electron chi connectivity index (χ4n) is 3.26. The summed E-state index contributed by atoms with van der Waals surface area (Å²) in [5, 5.41) is 16.0. The van der Waals surface area contributed by atoms with E-state index in [-0.39, 0.29) is 5.91 Å². The van der Waals surface area contributed by atoms with E-state index in [4.69, 9.17) is 4.74 Å².